The second kappa shape index (κ2) is 7.23. The third kappa shape index (κ3) is 4.57. The number of carbonyl (C=O) groups is 2. The Morgan fingerprint density at radius 2 is 2.05 bits per heavy atom. The van der Waals surface area contributed by atoms with Crippen molar-refractivity contribution in [1.82, 2.24) is 21.0 Å². The number of carbonyl (C=O) groups excluding carboxylic acids is 2. The van der Waals surface area contributed by atoms with Crippen LogP contribution in [0.3, 0.4) is 0 Å². The quantitative estimate of drug-likeness (QED) is 0.628. The number of rotatable bonds is 4. The van der Waals surface area contributed by atoms with E-state index in [1.54, 1.807) is 0 Å². The summed E-state index contributed by atoms with van der Waals surface area (Å²) in [4.78, 5) is 22.0. The van der Waals surface area contributed by atoms with Gasteiger partial charge >= 0.3 is 0 Å². The minimum absolute atomic E-state index is 0.0534. The van der Waals surface area contributed by atoms with Gasteiger partial charge in [0.15, 0.2) is 0 Å². The number of benzene rings is 1. The fourth-order valence-electron chi connectivity index (χ4n) is 1.33. The molecule has 2 aromatic rings. The SMILES string of the molecule is CC(=O)NNC(=O)CSc1nnc(-c2ccccc2Br)o1. The molecule has 0 fully saturated rings. The van der Waals surface area contributed by atoms with Crippen LogP contribution >= 0.6 is 27.7 Å². The van der Waals surface area contributed by atoms with E-state index in [0.29, 0.717) is 5.89 Å². The lowest BCUT2D eigenvalue weighted by Crippen LogP contribution is -2.41. The third-order valence-corrected chi connectivity index (χ3v) is 3.73. The van der Waals surface area contributed by atoms with Crippen molar-refractivity contribution in [2.75, 3.05) is 5.75 Å². The molecule has 1 heterocycles. The number of amides is 2. The summed E-state index contributed by atoms with van der Waals surface area (Å²) in [5.74, 6) is -0.289. The molecule has 0 radical (unpaired) electrons. The number of nitrogens with one attached hydrogen (secondary N) is 2. The molecule has 0 aliphatic rings. The highest BCUT2D eigenvalue weighted by Crippen LogP contribution is 2.28. The Kier molecular flexibility index (Phi) is 5.34. The van der Waals surface area contributed by atoms with E-state index in [-0.39, 0.29) is 22.8 Å². The molecule has 0 aliphatic carbocycles. The van der Waals surface area contributed by atoms with Crippen molar-refractivity contribution in [3.63, 3.8) is 0 Å². The summed E-state index contributed by atoms with van der Waals surface area (Å²) in [6.07, 6.45) is 0. The monoisotopic (exact) mass is 370 g/mol. The first kappa shape index (κ1) is 15.5. The summed E-state index contributed by atoms with van der Waals surface area (Å²) in [6.45, 7) is 1.30. The standard InChI is InChI=1S/C12H11BrN4O3S/c1-7(18)14-15-10(19)6-21-12-17-16-11(20-12)8-4-2-3-5-9(8)13/h2-5H,6H2,1H3,(H,14,18)(H,15,19). The maximum atomic E-state index is 11.4. The molecule has 110 valence electrons. The summed E-state index contributed by atoms with van der Waals surface area (Å²) in [5.41, 5.74) is 5.22. The van der Waals surface area contributed by atoms with Gasteiger partial charge in [-0.15, -0.1) is 10.2 Å². The fraction of sp³-hybridized carbons (Fsp3) is 0.167. The Bertz CT molecular complexity index is 661. The lowest BCUT2D eigenvalue weighted by atomic mass is 10.2. The van der Waals surface area contributed by atoms with Crippen molar-refractivity contribution in [2.24, 2.45) is 0 Å². The van der Waals surface area contributed by atoms with Gasteiger partial charge in [-0.05, 0) is 28.1 Å². The third-order valence-electron chi connectivity index (χ3n) is 2.22. The van der Waals surface area contributed by atoms with E-state index in [4.69, 9.17) is 4.42 Å². The predicted octanol–water partition coefficient (Wildman–Crippen LogP) is 1.76. The molecule has 21 heavy (non-hydrogen) atoms. The van der Waals surface area contributed by atoms with Crippen LogP contribution in [0, 0.1) is 0 Å². The number of halogens is 1. The minimum atomic E-state index is -0.365. The zero-order valence-electron chi connectivity index (χ0n) is 10.9. The molecule has 0 spiro atoms. The first-order chi connectivity index (χ1) is 10.1. The Morgan fingerprint density at radius 3 is 2.76 bits per heavy atom. The molecule has 2 amide bonds. The van der Waals surface area contributed by atoms with Crippen molar-refractivity contribution in [1.29, 1.82) is 0 Å². The van der Waals surface area contributed by atoms with Crippen molar-refractivity contribution in [2.45, 2.75) is 12.1 Å². The predicted molar refractivity (Wildman–Crippen MR) is 80.1 cm³/mol. The van der Waals surface area contributed by atoms with Gasteiger partial charge in [0.1, 0.15) is 0 Å². The van der Waals surface area contributed by atoms with Crippen LogP contribution in [0.5, 0.6) is 0 Å². The van der Waals surface area contributed by atoms with Crippen LogP contribution in [0.15, 0.2) is 38.4 Å². The molecule has 0 aliphatic heterocycles. The summed E-state index contributed by atoms with van der Waals surface area (Å²) in [5, 5.41) is 8.07. The largest absolute Gasteiger partial charge is 0.411 e. The van der Waals surface area contributed by atoms with Gasteiger partial charge < -0.3 is 4.42 Å². The lowest BCUT2D eigenvalue weighted by Gasteiger charge is -2.02. The molecule has 9 heteroatoms. The molecule has 0 bridgehead atoms. The Labute approximate surface area is 133 Å². The molecule has 2 N–H and O–H groups in total. The number of aromatic nitrogens is 2. The van der Waals surface area contributed by atoms with Crippen molar-refractivity contribution >= 4 is 39.5 Å². The molecule has 0 saturated heterocycles. The summed E-state index contributed by atoms with van der Waals surface area (Å²) >= 11 is 4.48. The van der Waals surface area contributed by atoms with E-state index in [2.05, 4.69) is 37.0 Å². The topological polar surface area (TPSA) is 97.1 Å². The normalized spacial score (nSPS) is 10.2. The average molecular weight is 371 g/mol. The van der Waals surface area contributed by atoms with Crippen LogP contribution in [0.4, 0.5) is 0 Å². The average Bonchev–Trinajstić information content (AvgIpc) is 2.92. The highest BCUT2D eigenvalue weighted by Gasteiger charge is 2.13. The zero-order valence-corrected chi connectivity index (χ0v) is 13.3. The zero-order chi connectivity index (χ0) is 15.2. The molecule has 1 aromatic heterocycles. The Balaban J connectivity index is 1.93. The Morgan fingerprint density at radius 1 is 1.29 bits per heavy atom. The van der Waals surface area contributed by atoms with Gasteiger partial charge in [0.2, 0.25) is 17.7 Å². The fourth-order valence-corrected chi connectivity index (χ4v) is 2.35. The van der Waals surface area contributed by atoms with Crippen molar-refractivity contribution in [3.8, 4) is 11.5 Å². The molecule has 0 unspecified atom stereocenters. The molecule has 2 rings (SSSR count). The molecular formula is C12H11BrN4O3S. The summed E-state index contributed by atoms with van der Waals surface area (Å²) < 4.78 is 6.31. The van der Waals surface area contributed by atoms with Gasteiger partial charge in [0, 0.05) is 11.4 Å². The number of hydrogen-bond acceptors (Lipinski definition) is 6. The molecule has 1 aromatic carbocycles. The van der Waals surface area contributed by atoms with E-state index in [0.717, 1.165) is 21.8 Å². The van der Waals surface area contributed by atoms with Gasteiger partial charge in [-0.25, -0.2) is 0 Å². The summed E-state index contributed by atoms with van der Waals surface area (Å²) in [6, 6.07) is 7.45. The Hall–Kier alpha value is -1.87. The summed E-state index contributed by atoms with van der Waals surface area (Å²) in [7, 11) is 0. The van der Waals surface area contributed by atoms with Crippen molar-refractivity contribution < 1.29 is 14.0 Å². The smallest absolute Gasteiger partial charge is 0.277 e. The second-order valence-electron chi connectivity index (χ2n) is 3.87. The van der Waals surface area contributed by atoms with Crippen LogP contribution in [0.25, 0.3) is 11.5 Å². The van der Waals surface area contributed by atoms with Crippen LogP contribution < -0.4 is 10.9 Å². The van der Waals surface area contributed by atoms with E-state index in [1.165, 1.54) is 6.92 Å². The van der Waals surface area contributed by atoms with Gasteiger partial charge in [-0.1, -0.05) is 23.9 Å². The van der Waals surface area contributed by atoms with E-state index in [9.17, 15) is 9.59 Å². The van der Waals surface area contributed by atoms with Gasteiger partial charge in [-0.2, -0.15) is 0 Å². The van der Waals surface area contributed by atoms with E-state index in [1.807, 2.05) is 24.3 Å². The molecule has 0 atom stereocenters. The molecule has 7 nitrogen and oxygen atoms in total. The highest BCUT2D eigenvalue weighted by molar-refractivity contribution is 9.10. The molecule has 0 saturated carbocycles. The number of hydrazine groups is 1. The van der Waals surface area contributed by atoms with E-state index < -0.39 is 0 Å². The van der Waals surface area contributed by atoms with Crippen LogP contribution in [0.1, 0.15) is 6.92 Å². The van der Waals surface area contributed by atoms with Gasteiger partial charge in [-0.3, -0.25) is 20.4 Å². The number of hydrogen-bond donors (Lipinski definition) is 2. The van der Waals surface area contributed by atoms with E-state index >= 15 is 0 Å². The van der Waals surface area contributed by atoms with Crippen molar-refractivity contribution in [3.05, 3.63) is 28.7 Å². The maximum Gasteiger partial charge on any atom is 0.277 e. The molecular weight excluding hydrogens is 360 g/mol. The lowest BCUT2D eigenvalue weighted by molar-refractivity contribution is -0.126. The van der Waals surface area contributed by atoms with Gasteiger partial charge in [0.05, 0.1) is 11.3 Å². The second-order valence-corrected chi connectivity index (χ2v) is 5.65. The van der Waals surface area contributed by atoms with Crippen LogP contribution in [-0.4, -0.2) is 27.8 Å². The number of nitrogens with zero attached hydrogens (tertiary/aromatic N) is 2. The van der Waals surface area contributed by atoms with Crippen LogP contribution in [-0.2, 0) is 9.59 Å². The maximum absolute atomic E-state index is 11.4. The number of thioether (sulfide) groups is 1. The first-order valence-electron chi connectivity index (χ1n) is 5.83. The van der Waals surface area contributed by atoms with Crippen LogP contribution in [0.2, 0.25) is 0 Å². The highest BCUT2D eigenvalue weighted by atomic mass is 79.9. The van der Waals surface area contributed by atoms with Gasteiger partial charge in [0.25, 0.3) is 5.22 Å². The first-order valence-corrected chi connectivity index (χ1v) is 7.60. The minimum Gasteiger partial charge on any atom is -0.411 e.